The molecule has 1 aliphatic rings. The van der Waals surface area contributed by atoms with E-state index in [1.54, 1.807) is 11.3 Å². The van der Waals surface area contributed by atoms with Crippen LogP contribution in [0, 0.1) is 12.8 Å². The molecule has 0 saturated carbocycles. The van der Waals surface area contributed by atoms with E-state index < -0.39 is 0 Å². The van der Waals surface area contributed by atoms with Crippen LogP contribution in [0.1, 0.15) is 54.4 Å². The number of methoxy groups -OCH3 is 1. The van der Waals surface area contributed by atoms with E-state index in [9.17, 15) is 4.79 Å². The second-order valence-electron chi connectivity index (χ2n) is 5.47. The van der Waals surface area contributed by atoms with Gasteiger partial charge in [-0.1, -0.05) is 19.8 Å². The van der Waals surface area contributed by atoms with Crippen LogP contribution in [0.5, 0.6) is 0 Å². The zero-order valence-electron chi connectivity index (χ0n) is 12.6. The van der Waals surface area contributed by atoms with Gasteiger partial charge >= 0.3 is 5.97 Å². The molecule has 1 unspecified atom stereocenters. The van der Waals surface area contributed by atoms with E-state index in [1.165, 1.54) is 39.2 Å². The Balaban J connectivity index is 2.06. The maximum Gasteiger partial charge on any atom is 0.357 e. The maximum absolute atomic E-state index is 11.6. The fourth-order valence-corrected chi connectivity index (χ4v) is 3.81. The van der Waals surface area contributed by atoms with Crippen molar-refractivity contribution < 1.29 is 9.53 Å². The third-order valence-corrected chi connectivity index (χ3v) is 5.01. The van der Waals surface area contributed by atoms with E-state index in [0.717, 1.165) is 29.0 Å². The zero-order chi connectivity index (χ0) is 14.5. The van der Waals surface area contributed by atoms with E-state index in [1.807, 2.05) is 6.92 Å². The Morgan fingerprint density at radius 3 is 2.95 bits per heavy atom. The summed E-state index contributed by atoms with van der Waals surface area (Å²) < 4.78 is 4.78. The minimum absolute atomic E-state index is 0.330. The van der Waals surface area contributed by atoms with Crippen LogP contribution in [-0.2, 0) is 4.74 Å². The fourth-order valence-electron chi connectivity index (χ4n) is 2.86. The van der Waals surface area contributed by atoms with Crippen LogP contribution < -0.4 is 4.90 Å². The van der Waals surface area contributed by atoms with Crippen LogP contribution >= 0.6 is 11.3 Å². The smallest absolute Gasteiger partial charge is 0.357 e. The van der Waals surface area contributed by atoms with Crippen molar-refractivity contribution in [2.75, 3.05) is 25.1 Å². The molecule has 1 aromatic rings. The average molecular weight is 296 g/mol. The number of carbonyl (C=O) groups is 1. The van der Waals surface area contributed by atoms with Crippen molar-refractivity contribution in [1.29, 1.82) is 0 Å². The van der Waals surface area contributed by atoms with Gasteiger partial charge in [0.15, 0.2) is 10.8 Å². The van der Waals surface area contributed by atoms with Gasteiger partial charge in [-0.05, 0) is 32.1 Å². The van der Waals surface area contributed by atoms with E-state index in [-0.39, 0.29) is 5.97 Å². The fraction of sp³-hybridized carbons (Fsp3) is 0.733. The summed E-state index contributed by atoms with van der Waals surface area (Å²) >= 11 is 1.60. The van der Waals surface area contributed by atoms with Crippen molar-refractivity contribution in [2.45, 2.75) is 46.0 Å². The van der Waals surface area contributed by atoms with Gasteiger partial charge in [-0.3, -0.25) is 0 Å². The van der Waals surface area contributed by atoms with Gasteiger partial charge in [-0.25, -0.2) is 9.78 Å². The Morgan fingerprint density at radius 1 is 1.45 bits per heavy atom. The monoisotopic (exact) mass is 296 g/mol. The third kappa shape index (κ3) is 3.51. The van der Waals surface area contributed by atoms with Crippen LogP contribution in [0.2, 0.25) is 0 Å². The Morgan fingerprint density at radius 2 is 2.25 bits per heavy atom. The molecule has 0 N–H and O–H groups in total. The highest BCUT2D eigenvalue weighted by Gasteiger charge is 2.22. The first-order chi connectivity index (χ1) is 9.65. The van der Waals surface area contributed by atoms with Gasteiger partial charge in [0, 0.05) is 18.0 Å². The number of thiazole rings is 1. The third-order valence-electron chi connectivity index (χ3n) is 3.98. The largest absolute Gasteiger partial charge is 0.464 e. The predicted octanol–water partition coefficient (Wildman–Crippen LogP) is 3.64. The first-order valence-electron chi connectivity index (χ1n) is 7.46. The lowest BCUT2D eigenvalue weighted by Crippen LogP contribution is -2.24. The Kier molecular flexibility index (Phi) is 5.40. The predicted molar refractivity (Wildman–Crippen MR) is 82.7 cm³/mol. The number of aromatic nitrogens is 1. The van der Waals surface area contributed by atoms with Crippen molar-refractivity contribution >= 4 is 22.4 Å². The summed E-state index contributed by atoms with van der Waals surface area (Å²) in [6.07, 6.45) is 6.38. The number of ether oxygens (including phenoxy) is 1. The van der Waals surface area contributed by atoms with Gasteiger partial charge in [0.25, 0.3) is 0 Å². The minimum Gasteiger partial charge on any atom is -0.464 e. The van der Waals surface area contributed by atoms with E-state index in [4.69, 9.17) is 4.74 Å². The molecule has 112 valence electrons. The normalized spacial score (nSPS) is 19.8. The summed E-state index contributed by atoms with van der Waals surface area (Å²) in [6, 6.07) is 0. The Bertz CT molecular complexity index is 459. The van der Waals surface area contributed by atoms with Crippen molar-refractivity contribution in [3.63, 3.8) is 0 Å². The van der Waals surface area contributed by atoms with Crippen LogP contribution in [0.25, 0.3) is 0 Å². The molecule has 1 aliphatic heterocycles. The SMILES string of the molecule is CCCC1CCCN(c2nc(C(=O)OC)c(C)s2)CC1. The number of rotatable bonds is 4. The molecule has 1 saturated heterocycles. The molecule has 0 aliphatic carbocycles. The van der Waals surface area contributed by atoms with Crippen LogP contribution in [0.3, 0.4) is 0 Å². The first-order valence-corrected chi connectivity index (χ1v) is 8.28. The topological polar surface area (TPSA) is 42.4 Å². The van der Waals surface area contributed by atoms with Crippen LogP contribution in [-0.4, -0.2) is 31.2 Å². The van der Waals surface area contributed by atoms with E-state index in [2.05, 4.69) is 16.8 Å². The molecule has 1 fully saturated rings. The van der Waals surface area contributed by atoms with Crippen molar-refractivity contribution in [2.24, 2.45) is 5.92 Å². The second-order valence-corrected chi connectivity index (χ2v) is 6.65. The van der Waals surface area contributed by atoms with Crippen molar-refractivity contribution in [1.82, 2.24) is 4.98 Å². The first kappa shape index (κ1) is 15.3. The number of aryl methyl sites for hydroxylation is 1. The molecular weight excluding hydrogens is 272 g/mol. The van der Waals surface area contributed by atoms with Gasteiger partial charge in [-0.2, -0.15) is 0 Å². The molecule has 2 heterocycles. The molecule has 2 rings (SSSR count). The molecule has 0 aromatic carbocycles. The molecule has 20 heavy (non-hydrogen) atoms. The van der Waals surface area contributed by atoms with Crippen molar-refractivity contribution in [3.05, 3.63) is 10.6 Å². The van der Waals surface area contributed by atoms with E-state index >= 15 is 0 Å². The van der Waals surface area contributed by atoms with Crippen LogP contribution in [0.15, 0.2) is 0 Å². The molecule has 5 heteroatoms. The maximum atomic E-state index is 11.6. The molecule has 0 amide bonds. The summed E-state index contributed by atoms with van der Waals surface area (Å²) in [7, 11) is 1.40. The quantitative estimate of drug-likeness (QED) is 0.795. The lowest BCUT2D eigenvalue weighted by molar-refractivity contribution is 0.0594. The van der Waals surface area contributed by atoms with Crippen LogP contribution in [0.4, 0.5) is 5.13 Å². The van der Waals surface area contributed by atoms with Gasteiger partial charge < -0.3 is 9.64 Å². The lowest BCUT2D eigenvalue weighted by Gasteiger charge is -2.19. The molecule has 1 atom stereocenters. The summed E-state index contributed by atoms with van der Waals surface area (Å²) in [5, 5.41) is 0.972. The highest BCUT2D eigenvalue weighted by atomic mass is 32.1. The minimum atomic E-state index is -0.330. The number of hydrogen-bond donors (Lipinski definition) is 0. The number of carbonyl (C=O) groups excluding carboxylic acids is 1. The summed E-state index contributed by atoms with van der Waals surface area (Å²) in [4.78, 5) is 19.4. The second kappa shape index (κ2) is 7.07. The van der Waals surface area contributed by atoms with Crippen molar-refractivity contribution in [3.8, 4) is 0 Å². The molecule has 0 spiro atoms. The molecule has 1 aromatic heterocycles. The average Bonchev–Trinajstić information content (AvgIpc) is 2.68. The van der Waals surface area contributed by atoms with Gasteiger partial charge in [0.05, 0.1) is 7.11 Å². The lowest BCUT2D eigenvalue weighted by atomic mass is 9.96. The number of hydrogen-bond acceptors (Lipinski definition) is 5. The Labute approximate surface area is 125 Å². The van der Waals surface area contributed by atoms with E-state index in [0.29, 0.717) is 5.69 Å². The molecule has 0 bridgehead atoms. The molecule has 0 radical (unpaired) electrons. The zero-order valence-corrected chi connectivity index (χ0v) is 13.5. The number of nitrogens with zero attached hydrogens (tertiary/aromatic N) is 2. The Hall–Kier alpha value is -1.10. The summed E-state index contributed by atoms with van der Waals surface area (Å²) in [5.74, 6) is 0.523. The summed E-state index contributed by atoms with van der Waals surface area (Å²) in [6.45, 7) is 6.30. The number of esters is 1. The highest BCUT2D eigenvalue weighted by Crippen LogP contribution is 2.30. The standard InChI is InChI=1S/C15H24N2O2S/c1-4-6-12-7-5-9-17(10-8-12)15-16-13(11(2)20-15)14(18)19-3/h12H,4-10H2,1-3H3. The van der Waals surface area contributed by atoms with Gasteiger partial charge in [0.1, 0.15) is 0 Å². The molecular formula is C15H24N2O2S. The van der Waals surface area contributed by atoms with Gasteiger partial charge in [0.2, 0.25) is 0 Å². The summed E-state index contributed by atoms with van der Waals surface area (Å²) in [5.41, 5.74) is 0.474. The number of anilines is 1. The van der Waals surface area contributed by atoms with Gasteiger partial charge in [-0.15, -0.1) is 11.3 Å². The molecule has 4 nitrogen and oxygen atoms in total. The highest BCUT2D eigenvalue weighted by molar-refractivity contribution is 7.15.